The quantitative estimate of drug-likeness (QED) is 0.412. The Hall–Kier alpha value is -2.55. The third-order valence-electron chi connectivity index (χ3n) is 10.9. The average molecular weight is 629 g/mol. The van der Waals surface area contributed by atoms with Crippen LogP contribution in [0.15, 0.2) is 18.2 Å². The van der Waals surface area contributed by atoms with Gasteiger partial charge in [-0.15, -0.1) is 0 Å². The molecule has 3 saturated heterocycles. The molecule has 5 rings (SSSR count). The van der Waals surface area contributed by atoms with Crippen LogP contribution in [0.5, 0.6) is 0 Å². The van der Waals surface area contributed by atoms with Gasteiger partial charge in [0.15, 0.2) is 0 Å². The van der Waals surface area contributed by atoms with Crippen LogP contribution >= 0.6 is 0 Å². The van der Waals surface area contributed by atoms with E-state index in [1.54, 1.807) is 4.90 Å². The van der Waals surface area contributed by atoms with Crippen molar-refractivity contribution in [3.8, 4) is 0 Å². The number of halogens is 2. The van der Waals surface area contributed by atoms with Crippen LogP contribution in [0.4, 0.5) is 8.78 Å². The van der Waals surface area contributed by atoms with Crippen molar-refractivity contribution in [3.63, 3.8) is 0 Å². The molecule has 1 unspecified atom stereocenters. The second-order valence-electron chi connectivity index (χ2n) is 16.9. The summed E-state index contributed by atoms with van der Waals surface area (Å²) in [6, 6.07) is 2.73. The maximum absolute atomic E-state index is 15.2. The fourth-order valence-corrected chi connectivity index (χ4v) is 7.85. The smallest absolute Gasteiger partial charge is 0.245 e. The molecule has 1 aliphatic carbocycles. The standard InChI is InChI=1S/C36H54F2N4O3/c1-34(2,3)33(45)42(24-12-14-36(7,8)15-13-24)25-19-30(32(44)39-16-9-17-39)41(20-25)31(43)28-22-40(35(4,5)6)21-27(28)26-11-10-23(37)18-29(26)38/h10-11,18,24-25,27-28,30H,9,12-17,19-22H2,1-8H3/t25?,27-,28+,30-/m0/s1. The largest absolute Gasteiger partial charge is 0.341 e. The Labute approximate surface area is 268 Å². The zero-order valence-corrected chi connectivity index (χ0v) is 28.7. The molecule has 4 atom stereocenters. The van der Waals surface area contributed by atoms with Crippen LogP contribution in [0.3, 0.4) is 0 Å². The molecule has 9 heteroatoms. The predicted molar refractivity (Wildman–Crippen MR) is 171 cm³/mol. The summed E-state index contributed by atoms with van der Waals surface area (Å²) in [5.41, 5.74) is -0.315. The first-order valence-electron chi connectivity index (χ1n) is 17.0. The van der Waals surface area contributed by atoms with E-state index in [0.717, 1.165) is 38.2 Å². The van der Waals surface area contributed by atoms with Crippen LogP contribution in [0.25, 0.3) is 0 Å². The lowest BCUT2D eigenvalue weighted by Crippen LogP contribution is -2.54. The van der Waals surface area contributed by atoms with Gasteiger partial charge in [0.25, 0.3) is 0 Å². The number of carbonyl (C=O) groups excluding carboxylic acids is 3. The van der Waals surface area contributed by atoms with Crippen molar-refractivity contribution in [1.82, 2.24) is 19.6 Å². The summed E-state index contributed by atoms with van der Waals surface area (Å²) in [6.45, 7) is 19.1. The molecule has 1 aromatic carbocycles. The van der Waals surface area contributed by atoms with Gasteiger partial charge in [-0.3, -0.25) is 19.3 Å². The first kappa shape index (κ1) is 33.8. The van der Waals surface area contributed by atoms with E-state index in [9.17, 15) is 18.8 Å². The van der Waals surface area contributed by atoms with Gasteiger partial charge in [-0.25, -0.2) is 8.78 Å². The molecule has 3 heterocycles. The van der Waals surface area contributed by atoms with E-state index >= 15 is 4.39 Å². The van der Waals surface area contributed by atoms with Gasteiger partial charge in [-0.1, -0.05) is 40.7 Å². The Morgan fingerprint density at radius 3 is 2.07 bits per heavy atom. The topological polar surface area (TPSA) is 64.2 Å². The highest BCUT2D eigenvalue weighted by Crippen LogP contribution is 2.43. The van der Waals surface area contributed by atoms with Crippen LogP contribution in [0.2, 0.25) is 0 Å². The highest BCUT2D eigenvalue weighted by Gasteiger charge is 2.52. The van der Waals surface area contributed by atoms with E-state index in [1.165, 1.54) is 12.1 Å². The van der Waals surface area contributed by atoms with Gasteiger partial charge in [0, 0.05) is 61.7 Å². The summed E-state index contributed by atoms with van der Waals surface area (Å²) >= 11 is 0. The highest BCUT2D eigenvalue weighted by molar-refractivity contribution is 5.91. The SMILES string of the molecule is CC1(C)CCC(N(C(=O)C(C)(C)C)C2C[C@@H](C(=O)N3CCC3)N(C(=O)[C@@H]3CN(C(C)(C)C)C[C@H]3c3ccc(F)cc3F)C2)CC1. The van der Waals surface area contributed by atoms with Crippen molar-refractivity contribution >= 4 is 17.7 Å². The summed E-state index contributed by atoms with van der Waals surface area (Å²) in [7, 11) is 0. The minimum Gasteiger partial charge on any atom is -0.341 e. The van der Waals surface area contributed by atoms with E-state index in [-0.39, 0.29) is 47.3 Å². The van der Waals surface area contributed by atoms with Gasteiger partial charge < -0.3 is 14.7 Å². The molecule has 250 valence electrons. The summed E-state index contributed by atoms with van der Waals surface area (Å²) < 4.78 is 29.2. The molecule has 0 N–H and O–H groups in total. The molecule has 1 aromatic rings. The molecule has 3 amide bonds. The molecule has 3 aliphatic heterocycles. The van der Waals surface area contributed by atoms with E-state index in [0.29, 0.717) is 38.2 Å². The van der Waals surface area contributed by atoms with Crippen molar-refractivity contribution < 1.29 is 23.2 Å². The Morgan fingerprint density at radius 1 is 0.889 bits per heavy atom. The zero-order valence-electron chi connectivity index (χ0n) is 28.7. The number of nitrogens with zero attached hydrogens (tertiary/aromatic N) is 4. The Morgan fingerprint density at radius 2 is 1.53 bits per heavy atom. The summed E-state index contributed by atoms with van der Waals surface area (Å²) in [6.07, 6.45) is 5.20. The molecule has 4 fully saturated rings. The molecular weight excluding hydrogens is 574 g/mol. The Balaban J connectivity index is 1.49. The number of amides is 3. The Bertz CT molecular complexity index is 1290. The van der Waals surface area contributed by atoms with E-state index in [4.69, 9.17) is 0 Å². The lowest BCUT2D eigenvalue weighted by atomic mass is 9.74. The summed E-state index contributed by atoms with van der Waals surface area (Å²) in [4.78, 5) is 50.6. The number of rotatable bonds is 5. The van der Waals surface area contributed by atoms with Crippen LogP contribution < -0.4 is 0 Å². The lowest BCUT2D eigenvalue weighted by molar-refractivity contribution is -0.148. The second-order valence-corrected chi connectivity index (χ2v) is 16.9. The summed E-state index contributed by atoms with van der Waals surface area (Å²) in [5, 5.41) is 0. The molecule has 4 aliphatic rings. The average Bonchev–Trinajstić information content (AvgIpc) is 3.53. The number of hydrogen-bond acceptors (Lipinski definition) is 4. The first-order chi connectivity index (χ1) is 20.9. The van der Waals surface area contributed by atoms with Gasteiger partial charge in [0.2, 0.25) is 17.7 Å². The van der Waals surface area contributed by atoms with Crippen molar-refractivity contribution in [3.05, 3.63) is 35.4 Å². The minimum atomic E-state index is -0.666. The first-order valence-corrected chi connectivity index (χ1v) is 17.0. The van der Waals surface area contributed by atoms with E-state index < -0.39 is 34.9 Å². The molecule has 7 nitrogen and oxygen atoms in total. The lowest BCUT2D eigenvalue weighted by Gasteiger charge is -2.45. The van der Waals surface area contributed by atoms with Crippen LogP contribution in [-0.2, 0) is 14.4 Å². The fraction of sp³-hybridized carbons (Fsp3) is 0.750. The van der Waals surface area contributed by atoms with Gasteiger partial charge in [-0.05, 0) is 76.3 Å². The molecule has 1 saturated carbocycles. The van der Waals surface area contributed by atoms with E-state index in [1.807, 2.05) is 30.6 Å². The monoisotopic (exact) mass is 628 g/mol. The number of likely N-dealkylation sites (tertiary alicyclic amines) is 3. The Kier molecular flexibility index (Phi) is 9.19. The number of benzene rings is 1. The van der Waals surface area contributed by atoms with Crippen molar-refractivity contribution in [1.29, 1.82) is 0 Å². The van der Waals surface area contributed by atoms with Crippen LogP contribution in [0, 0.1) is 28.4 Å². The van der Waals surface area contributed by atoms with Crippen molar-refractivity contribution in [2.75, 3.05) is 32.7 Å². The van der Waals surface area contributed by atoms with Crippen LogP contribution in [-0.4, -0.2) is 93.7 Å². The van der Waals surface area contributed by atoms with Crippen molar-refractivity contribution in [2.24, 2.45) is 16.7 Å². The molecule has 0 bridgehead atoms. The molecule has 45 heavy (non-hydrogen) atoms. The minimum absolute atomic E-state index is 0.0553. The zero-order chi connectivity index (χ0) is 33.1. The second kappa shape index (κ2) is 12.2. The predicted octanol–water partition coefficient (Wildman–Crippen LogP) is 5.82. The normalized spacial score (nSPS) is 27.9. The summed E-state index contributed by atoms with van der Waals surface area (Å²) in [5.74, 6) is -2.55. The maximum atomic E-state index is 15.2. The van der Waals surface area contributed by atoms with Gasteiger partial charge in [0.05, 0.1) is 12.0 Å². The number of hydrogen-bond donors (Lipinski definition) is 0. The van der Waals surface area contributed by atoms with Gasteiger partial charge in [-0.2, -0.15) is 0 Å². The maximum Gasteiger partial charge on any atom is 0.245 e. The van der Waals surface area contributed by atoms with Gasteiger partial charge >= 0.3 is 0 Å². The molecular formula is C36H54F2N4O3. The third kappa shape index (κ3) is 6.93. The highest BCUT2D eigenvalue weighted by atomic mass is 19.1. The molecule has 0 spiro atoms. The number of carbonyl (C=O) groups is 3. The van der Waals surface area contributed by atoms with Gasteiger partial charge in [0.1, 0.15) is 17.7 Å². The van der Waals surface area contributed by atoms with Crippen molar-refractivity contribution in [2.45, 2.75) is 123 Å². The molecule has 0 aromatic heterocycles. The van der Waals surface area contributed by atoms with Crippen LogP contribution in [0.1, 0.15) is 105 Å². The van der Waals surface area contributed by atoms with E-state index in [2.05, 4.69) is 39.5 Å². The fourth-order valence-electron chi connectivity index (χ4n) is 7.85. The molecule has 0 radical (unpaired) electrons. The third-order valence-corrected chi connectivity index (χ3v) is 10.9.